The van der Waals surface area contributed by atoms with Gasteiger partial charge in [-0.3, -0.25) is 4.79 Å². The fourth-order valence-corrected chi connectivity index (χ4v) is 2.11. The van der Waals surface area contributed by atoms with Gasteiger partial charge in [-0.15, -0.1) is 16.8 Å². The van der Waals surface area contributed by atoms with Gasteiger partial charge in [0.15, 0.2) is 5.16 Å². The van der Waals surface area contributed by atoms with E-state index in [9.17, 15) is 4.79 Å². The van der Waals surface area contributed by atoms with Gasteiger partial charge in [0, 0.05) is 12.6 Å². The molecule has 1 aromatic heterocycles. The molecule has 0 bridgehead atoms. The number of thioether (sulfide) groups is 1. The molecule has 0 unspecified atom stereocenters. The first-order valence-electron chi connectivity index (χ1n) is 5.47. The third-order valence-corrected chi connectivity index (χ3v) is 2.96. The maximum atomic E-state index is 11.5. The fraction of sp³-hybridized carbons (Fsp3) is 0.545. The van der Waals surface area contributed by atoms with E-state index in [-0.39, 0.29) is 11.9 Å². The highest BCUT2D eigenvalue weighted by Gasteiger charge is 2.11. The molecule has 1 amide bonds. The van der Waals surface area contributed by atoms with Crippen LogP contribution in [0, 0.1) is 6.92 Å². The van der Waals surface area contributed by atoms with Crippen LogP contribution in [0.3, 0.4) is 0 Å². The SMILES string of the molecule is C=CCn1c(C)nnc1SCC(=O)NC(C)C. The van der Waals surface area contributed by atoms with E-state index in [1.165, 1.54) is 11.8 Å². The average Bonchev–Trinajstić information content (AvgIpc) is 2.57. The highest BCUT2D eigenvalue weighted by Crippen LogP contribution is 2.16. The summed E-state index contributed by atoms with van der Waals surface area (Å²) >= 11 is 1.39. The summed E-state index contributed by atoms with van der Waals surface area (Å²) in [5.74, 6) is 1.19. The number of carbonyl (C=O) groups excluding carboxylic acids is 1. The van der Waals surface area contributed by atoms with Crippen LogP contribution in [0.1, 0.15) is 19.7 Å². The maximum Gasteiger partial charge on any atom is 0.230 e. The van der Waals surface area contributed by atoms with Crippen molar-refractivity contribution < 1.29 is 4.79 Å². The van der Waals surface area contributed by atoms with Crippen LogP contribution < -0.4 is 5.32 Å². The second kappa shape index (κ2) is 6.44. The van der Waals surface area contributed by atoms with Gasteiger partial charge >= 0.3 is 0 Å². The molecule has 0 radical (unpaired) electrons. The summed E-state index contributed by atoms with van der Waals surface area (Å²) in [6, 6.07) is 0.163. The van der Waals surface area contributed by atoms with E-state index in [1.54, 1.807) is 6.08 Å². The smallest absolute Gasteiger partial charge is 0.230 e. The van der Waals surface area contributed by atoms with E-state index in [2.05, 4.69) is 22.1 Å². The Labute approximate surface area is 106 Å². The van der Waals surface area contributed by atoms with Crippen molar-refractivity contribution in [3.63, 3.8) is 0 Å². The number of aryl methyl sites for hydroxylation is 1. The van der Waals surface area contributed by atoms with Crippen LogP contribution in [0.25, 0.3) is 0 Å². The monoisotopic (exact) mass is 254 g/mol. The first-order valence-corrected chi connectivity index (χ1v) is 6.46. The molecule has 5 nitrogen and oxygen atoms in total. The van der Waals surface area contributed by atoms with Crippen molar-refractivity contribution in [2.45, 2.75) is 38.5 Å². The molecule has 0 saturated carbocycles. The molecule has 0 spiro atoms. The van der Waals surface area contributed by atoms with Crippen LogP contribution in [0.15, 0.2) is 17.8 Å². The van der Waals surface area contributed by atoms with E-state index >= 15 is 0 Å². The summed E-state index contributed by atoms with van der Waals surface area (Å²) in [7, 11) is 0. The molecule has 94 valence electrons. The van der Waals surface area contributed by atoms with Crippen LogP contribution in [0.4, 0.5) is 0 Å². The number of hydrogen-bond acceptors (Lipinski definition) is 4. The Hall–Kier alpha value is -1.30. The molecule has 0 aliphatic carbocycles. The molecule has 17 heavy (non-hydrogen) atoms. The van der Waals surface area contributed by atoms with Crippen molar-refractivity contribution in [1.29, 1.82) is 0 Å². The highest BCUT2D eigenvalue weighted by molar-refractivity contribution is 7.99. The van der Waals surface area contributed by atoms with E-state index in [1.807, 2.05) is 25.3 Å². The molecule has 0 aliphatic heterocycles. The minimum atomic E-state index is 0.0100. The molecule has 0 aromatic carbocycles. The number of rotatable bonds is 6. The first kappa shape index (κ1) is 13.8. The predicted octanol–water partition coefficient (Wildman–Crippen LogP) is 1.39. The van der Waals surface area contributed by atoms with Crippen LogP contribution in [-0.4, -0.2) is 32.5 Å². The second-order valence-corrected chi connectivity index (χ2v) is 4.88. The zero-order valence-corrected chi connectivity index (χ0v) is 11.3. The van der Waals surface area contributed by atoms with Crippen molar-refractivity contribution in [1.82, 2.24) is 20.1 Å². The number of amides is 1. The van der Waals surface area contributed by atoms with Crippen LogP contribution >= 0.6 is 11.8 Å². The number of hydrogen-bond donors (Lipinski definition) is 1. The second-order valence-electron chi connectivity index (χ2n) is 3.94. The van der Waals surface area contributed by atoms with Gasteiger partial charge in [-0.05, 0) is 20.8 Å². The standard InChI is InChI=1S/C11H18N4OS/c1-5-6-15-9(4)13-14-11(15)17-7-10(16)12-8(2)3/h5,8H,1,6-7H2,2-4H3,(H,12,16). The third kappa shape index (κ3) is 4.22. The quantitative estimate of drug-likeness (QED) is 0.615. The van der Waals surface area contributed by atoms with Gasteiger partial charge in [-0.1, -0.05) is 17.8 Å². The first-order chi connectivity index (χ1) is 8.04. The van der Waals surface area contributed by atoms with E-state index in [0.717, 1.165) is 11.0 Å². The van der Waals surface area contributed by atoms with E-state index in [0.29, 0.717) is 12.3 Å². The van der Waals surface area contributed by atoms with Crippen molar-refractivity contribution in [2.75, 3.05) is 5.75 Å². The molecular weight excluding hydrogens is 236 g/mol. The van der Waals surface area contributed by atoms with Gasteiger partial charge in [0.05, 0.1) is 5.75 Å². The summed E-state index contributed by atoms with van der Waals surface area (Å²) in [5.41, 5.74) is 0. The third-order valence-electron chi connectivity index (χ3n) is 2.00. The number of aromatic nitrogens is 3. The molecule has 1 rings (SSSR count). The zero-order chi connectivity index (χ0) is 12.8. The summed E-state index contributed by atoms with van der Waals surface area (Å²) in [5, 5.41) is 11.6. The van der Waals surface area contributed by atoms with Crippen molar-refractivity contribution in [3.05, 3.63) is 18.5 Å². The Morgan fingerprint density at radius 1 is 1.59 bits per heavy atom. The molecule has 1 aromatic rings. The Bertz CT molecular complexity index is 400. The van der Waals surface area contributed by atoms with Crippen molar-refractivity contribution >= 4 is 17.7 Å². The largest absolute Gasteiger partial charge is 0.353 e. The molecule has 0 aliphatic rings. The molecular formula is C11H18N4OS. The lowest BCUT2D eigenvalue weighted by Crippen LogP contribution is -2.31. The number of carbonyl (C=O) groups is 1. The number of allylic oxidation sites excluding steroid dienone is 1. The van der Waals surface area contributed by atoms with Gasteiger partial charge in [-0.2, -0.15) is 0 Å². The van der Waals surface area contributed by atoms with E-state index < -0.39 is 0 Å². The average molecular weight is 254 g/mol. The maximum absolute atomic E-state index is 11.5. The minimum absolute atomic E-state index is 0.0100. The molecule has 0 fully saturated rings. The van der Waals surface area contributed by atoms with Crippen LogP contribution in [0.5, 0.6) is 0 Å². The summed E-state index contributed by atoms with van der Waals surface area (Å²) in [6.07, 6.45) is 1.79. The lowest BCUT2D eigenvalue weighted by Gasteiger charge is -2.08. The highest BCUT2D eigenvalue weighted by atomic mass is 32.2. The van der Waals surface area contributed by atoms with Gasteiger partial charge in [-0.25, -0.2) is 0 Å². The van der Waals surface area contributed by atoms with Gasteiger partial charge in [0.25, 0.3) is 0 Å². The molecule has 6 heteroatoms. The van der Waals surface area contributed by atoms with Gasteiger partial charge < -0.3 is 9.88 Å². The lowest BCUT2D eigenvalue weighted by molar-refractivity contribution is -0.119. The summed E-state index contributed by atoms with van der Waals surface area (Å²) in [4.78, 5) is 11.5. The van der Waals surface area contributed by atoms with E-state index in [4.69, 9.17) is 0 Å². The van der Waals surface area contributed by atoms with Gasteiger partial charge in [0.2, 0.25) is 5.91 Å². The molecule has 0 saturated heterocycles. The normalized spacial score (nSPS) is 10.6. The topological polar surface area (TPSA) is 59.8 Å². The zero-order valence-electron chi connectivity index (χ0n) is 10.4. The Balaban J connectivity index is 2.57. The Morgan fingerprint density at radius 2 is 2.29 bits per heavy atom. The Kier molecular flexibility index (Phi) is 5.21. The van der Waals surface area contributed by atoms with Crippen LogP contribution in [-0.2, 0) is 11.3 Å². The fourth-order valence-electron chi connectivity index (χ4n) is 1.30. The number of nitrogens with one attached hydrogen (secondary N) is 1. The number of nitrogens with zero attached hydrogens (tertiary/aromatic N) is 3. The lowest BCUT2D eigenvalue weighted by atomic mass is 10.4. The molecule has 1 N–H and O–H groups in total. The Morgan fingerprint density at radius 3 is 2.88 bits per heavy atom. The minimum Gasteiger partial charge on any atom is -0.353 e. The summed E-state index contributed by atoms with van der Waals surface area (Å²) in [6.45, 7) is 10.1. The molecule has 0 atom stereocenters. The predicted molar refractivity (Wildman–Crippen MR) is 69.0 cm³/mol. The van der Waals surface area contributed by atoms with Crippen LogP contribution in [0.2, 0.25) is 0 Å². The molecule has 1 heterocycles. The van der Waals surface area contributed by atoms with Crippen molar-refractivity contribution in [3.8, 4) is 0 Å². The summed E-state index contributed by atoms with van der Waals surface area (Å²) < 4.78 is 1.93. The van der Waals surface area contributed by atoms with Crippen molar-refractivity contribution in [2.24, 2.45) is 0 Å². The van der Waals surface area contributed by atoms with Gasteiger partial charge in [0.1, 0.15) is 5.82 Å².